The Morgan fingerprint density at radius 2 is 0.400 bits per heavy atom. The van der Waals surface area contributed by atoms with Crippen LogP contribution in [0.5, 0.6) is 0 Å². The van der Waals surface area contributed by atoms with Crippen LogP contribution in [0.2, 0.25) is 0 Å². The summed E-state index contributed by atoms with van der Waals surface area (Å²) in [4.78, 5) is 0. The number of rotatable bonds is 0. The third-order valence-electron chi connectivity index (χ3n) is 2.23. The van der Waals surface area contributed by atoms with Gasteiger partial charge in [0.25, 0.3) is 0 Å². The van der Waals surface area contributed by atoms with Crippen LogP contribution in [-0.2, 0) is 28.4 Å². The van der Waals surface area contributed by atoms with Gasteiger partial charge < -0.3 is 45.4 Å². The molecule has 0 N–H and O–H groups in total. The van der Waals surface area contributed by atoms with Crippen LogP contribution < -0.4 is 68.4 Å². The Morgan fingerprint density at radius 3 is 0.500 bits per heavy atom. The van der Waals surface area contributed by atoms with Gasteiger partial charge in [0.1, 0.15) is 0 Å². The van der Waals surface area contributed by atoms with Crippen molar-refractivity contribution < 1.29 is 96.8 Å². The molecule has 0 aliphatic carbocycles. The van der Waals surface area contributed by atoms with E-state index in [2.05, 4.69) is 0 Å². The molecule has 0 radical (unpaired) electrons. The molecule has 0 aromatic rings. The zero-order chi connectivity index (χ0) is 12.7. The Labute approximate surface area is 174 Å². The first-order chi connectivity index (χ1) is 9.00. The second-order valence-electron chi connectivity index (χ2n) is 3.67. The maximum Gasteiger partial charge on any atom is 1.00 e. The van der Waals surface area contributed by atoms with Gasteiger partial charge in [-0.3, -0.25) is 0 Å². The van der Waals surface area contributed by atoms with Gasteiger partial charge in [-0.15, -0.1) is 0 Å². The van der Waals surface area contributed by atoms with E-state index in [0.717, 1.165) is 0 Å². The fourth-order valence-electron chi connectivity index (χ4n) is 1.32. The number of halogens is 1. The van der Waals surface area contributed by atoms with Gasteiger partial charge in [-0.1, -0.05) is 0 Å². The largest absolute Gasteiger partial charge is 1.00 e. The van der Waals surface area contributed by atoms with Crippen molar-refractivity contribution in [3.63, 3.8) is 0 Å². The summed E-state index contributed by atoms with van der Waals surface area (Å²) in [6.07, 6.45) is 0. The van der Waals surface area contributed by atoms with E-state index in [1.54, 1.807) is 0 Å². The Morgan fingerprint density at radius 1 is 0.300 bits per heavy atom. The third-order valence-corrected chi connectivity index (χ3v) is 2.23. The predicted octanol–water partition coefficient (Wildman–Crippen LogP) is -5.89. The molecule has 0 amide bonds. The molecule has 1 aliphatic rings. The van der Waals surface area contributed by atoms with Crippen molar-refractivity contribution in [2.24, 2.45) is 0 Å². The third kappa shape index (κ3) is 17.9. The van der Waals surface area contributed by atoms with Crippen LogP contribution >= 0.6 is 0 Å². The summed E-state index contributed by atoms with van der Waals surface area (Å²) in [6.45, 7) is 7.04. The van der Waals surface area contributed by atoms with Gasteiger partial charge in [0.05, 0.1) is 79.3 Å². The smallest absolute Gasteiger partial charge is 1.00 e. The summed E-state index contributed by atoms with van der Waals surface area (Å²) in [5.74, 6) is 0. The fourth-order valence-corrected chi connectivity index (χ4v) is 1.32. The Bertz CT molecular complexity index is 103. The van der Waals surface area contributed by atoms with Crippen LogP contribution in [0.3, 0.4) is 0 Å². The van der Waals surface area contributed by atoms with Crippen molar-refractivity contribution in [2.75, 3.05) is 79.3 Å². The van der Waals surface area contributed by atoms with E-state index in [9.17, 15) is 0 Å². The van der Waals surface area contributed by atoms with E-state index in [1.807, 2.05) is 0 Å². The number of hydrogen-bond donors (Lipinski definition) is 0. The molecule has 1 saturated heterocycles. The van der Waals surface area contributed by atoms with Crippen LogP contribution in [0.4, 0.5) is 0 Å². The SMILES string of the molecule is C1COCCOCCOCCOCCOCCO1.[Br-].[K+]. The second-order valence-corrected chi connectivity index (χ2v) is 3.67. The molecule has 8 heteroatoms. The molecular weight excluding hydrogens is 359 g/mol. The molecule has 1 fully saturated rings. The zero-order valence-corrected chi connectivity index (χ0v) is 17.0. The van der Waals surface area contributed by atoms with Gasteiger partial charge in [-0.25, -0.2) is 0 Å². The number of hydrogen-bond acceptors (Lipinski definition) is 6. The molecule has 0 aromatic carbocycles. The minimum Gasteiger partial charge on any atom is -1.00 e. The predicted molar refractivity (Wildman–Crippen MR) is 64.9 cm³/mol. The summed E-state index contributed by atoms with van der Waals surface area (Å²) in [5.41, 5.74) is 0. The number of ether oxygens (including phenoxy) is 6. The van der Waals surface area contributed by atoms with Crippen LogP contribution in [0.25, 0.3) is 0 Å². The Kier molecular flexibility index (Phi) is 25.2. The van der Waals surface area contributed by atoms with Crippen LogP contribution in [0.1, 0.15) is 0 Å². The molecule has 0 aromatic heterocycles. The Balaban J connectivity index is 0. The zero-order valence-electron chi connectivity index (χ0n) is 12.3. The minimum atomic E-state index is 0. The topological polar surface area (TPSA) is 55.4 Å². The van der Waals surface area contributed by atoms with Crippen LogP contribution in [0.15, 0.2) is 0 Å². The molecule has 0 atom stereocenters. The van der Waals surface area contributed by atoms with Crippen molar-refractivity contribution in [1.29, 1.82) is 0 Å². The summed E-state index contributed by atoms with van der Waals surface area (Å²) in [6, 6.07) is 0. The van der Waals surface area contributed by atoms with E-state index in [-0.39, 0.29) is 68.4 Å². The first-order valence-corrected chi connectivity index (χ1v) is 6.46. The van der Waals surface area contributed by atoms with Crippen molar-refractivity contribution in [2.45, 2.75) is 0 Å². The van der Waals surface area contributed by atoms with Gasteiger partial charge in [0, 0.05) is 0 Å². The molecule has 1 rings (SSSR count). The first-order valence-electron chi connectivity index (χ1n) is 6.46. The van der Waals surface area contributed by atoms with Crippen LogP contribution in [0, 0.1) is 0 Å². The van der Waals surface area contributed by atoms with E-state index < -0.39 is 0 Å². The van der Waals surface area contributed by atoms with Crippen molar-refractivity contribution >= 4 is 0 Å². The van der Waals surface area contributed by atoms with E-state index in [0.29, 0.717) is 79.3 Å². The molecule has 1 aliphatic heterocycles. The minimum absolute atomic E-state index is 0. The molecule has 6 nitrogen and oxygen atoms in total. The van der Waals surface area contributed by atoms with Crippen molar-refractivity contribution in [1.82, 2.24) is 0 Å². The van der Waals surface area contributed by atoms with Gasteiger partial charge in [-0.05, 0) is 0 Å². The van der Waals surface area contributed by atoms with E-state index in [1.165, 1.54) is 0 Å². The molecule has 0 saturated carbocycles. The van der Waals surface area contributed by atoms with E-state index >= 15 is 0 Å². The normalized spacial score (nSPS) is 21.6. The molecule has 0 spiro atoms. The maximum atomic E-state index is 5.33. The average molecular weight is 383 g/mol. The molecule has 20 heavy (non-hydrogen) atoms. The van der Waals surface area contributed by atoms with Crippen molar-refractivity contribution in [3.05, 3.63) is 0 Å². The Hall–Kier alpha value is 1.88. The van der Waals surface area contributed by atoms with Crippen molar-refractivity contribution in [3.8, 4) is 0 Å². The van der Waals surface area contributed by atoms with Gasteiger partial charge in [0.15, 0.2) is 0 Å². The molecular formula is C12H24BrKO6. The summed E-state index contributed by atoms with van der Waals surface area (Å²) >= 11 is 0. The van der Waals surface area contributed by atoms with Gasteiger partial charge in [0.2, 0.25) is 0 Å². The fraction of sp³-hybridized carbons (Fsp3) is 1.00. The summed E-state index contributed by atoms with van der Waals surface area (Å²) < 4.78 is 32.0. The van der Waals surface area contributed by atoms with Gasteiger partial charge >= 0.3 is 51.4 Å². The molecule has 0 bridgehead atoms. The summed E-state index contributed by atoms with van der Waals surface area (Å²) in [7, 11) is 0. The molecule has 116 valence electrons. The monoisotopic (exact) mass is 382 g/mol. The molecule has 1 heterocycles. The standard InChI is InChI=1S/C12H24O6.BrH.K/c1-2-14-5-6-16-9-10-18-12-11-17-8-7-15-4-3-13-1;;/h1-12H2;1H;/q;;+1/p-1. The second kappa shape index (κ2) is 20.9. The van der Waals surface area contributed by atoms with E-state index in [4.69, 9.17) is 28.4 Å². The van der Waals surface area contributed by atoms with Gasteiger partial charge in [-0.2, -0.15) is 0 Å². The maximum absolute atomic E-state index is 5.33. The first kappa shape index (κ1) is 24.1. The van der Waals surface area contributed by atoms with Crippen LogP contribution in [-0.4, -0.2) is 79.3 Å². The average Bonchev–Trinajstić information content (AvgIpc) is 2.39. The quantitative estimate of drug-likeness (QED) is 0.389. The molecule has 0 unspecified atom stereocenters. The summed E-state index contributed by atoms with van der Waals surface area (Å²) in [5, 5.41) is 0.